The van der Waals surface area contributed by atoms with Crippen LogP contribution in [0.15, 0.2) is 97.2 Å². The summed E-state index contributed by atoms with van der Waals surface area (Å²) in [6.07, 6.45) is 4.02. The number of hydrogen-bond donors (Lipinski definition) is 4. The summed E-state index contributed by atoms with van der Waals surface area (Å²) in [5.41, 5.74) is 14.1. The topological polar surface area (TPSA) is 143 Å². The first-order valence-electron chi connectivity index (χ1n) is 14.7. The van der Waals surface area contributed by atoms with E-state index in [-0.39, 0.29) is 12.5 Å². The lowest BCUT2D eigenvalue weighted by Gasteiger charge is -2.27. The molecule has 0 bridgehead atoms. The third kappa shape index (κ3) is 9.37. The Hall–Kier alpha value is -4.76. The van der Waals surface area contributed by atoms with Gasteiger partial charge in [-0.2, -0.15) is 0 Å². The van der Waals surface area contributed by atoms with Gasteiger partial charge in [-0.25, -0.2) is 4.79 Å². The minimum Gasteiger partial charge on any atom is -0.368 e. The van der Waals surface area contributed by atoms with Crippen molar-refractivity contribution in [2.45, 2.75) is 44.2 Å². The number of carbonyl (C=O) groups is 3. The van der Waals surface area contributed by atoms with E-state index in [9.17, 15) is 14.4 Å². The Morgan fingerprint density at radius 2 is 1.51 bits per heavy atom. The first-order valence-corrected chi connectivity index (χ1v) is 14.7. The lowest BCUT2D eigenvalue weighted by atomic mass is 9.98. The SMILES string of the molecule is NCCC[C@@H](NC(=O)[C@@H](Cc1cccc2ccccc12)NC(=O)N(CCc1ccccc1)CCc1ccccn1)C(N)=O. The molecule has 43 heavy (non-hydrogen) atoms. The Morgan fingerprint density at radius 1 is 0.791 bits per heavy atom. The number of amides is 4. The predicted octanol–water partition coefficient (Wildman–Crippen LogP) is 3.35. The van der Waals surface area contributed by atoms with Gasteiger partial charge in [0.25, 0.3) is 0 Å². The number of urea groups is 1. The number of pyridine rings is 1. The Balaban J connectivity index is 1.57. The van der Waals surface area contributed by atoms with Gasteiger partial charge in [-0.05, 0) is 59.8 Å². The number of nitrogens with two attached hydrogens (primary N) is 2. The van der Waals surface area contributed by atoms with E-state index >= 15 is 0 Å². The molecule has 6 N–H and O–H groups in total. The summed E-state index contributed by atoms with van der Waals surface area (Å²) < 4.78 is 0. The molecule has 3 aromatic carbocycles. The van der Waals surface area contributed by atoms with Gasteiger partial charge < -0.3 is 27.0 Å². The van der Waals surface area contributed by atoms with E-state index in [1.807, 2.05) is 91.0 Å². The summed E-state index contributed by atoms with van der Waals surface area (Å²) in [5.74, 6) is -1.12. The monoisotopic (exact) mass is 580 g/mol. The second kappa shape index (κ2) is 16.0. The van der Waals surface area contributed by atoms with Gasteiger partial charge in [-0.1, -0.05) is 78.9 Å². The fourth-order valence-electron chi connectivity index (χ4n) is 5.04. The highest BCUT2D eigenvalue weighted by molar-refractivity contribution is 5.92. The van der Waals surface area contributed by atoms with Gasteiger partial charge in [0.1, 0.15) is 12.1 Å². The molecule has 1 heterocycles. The molecular formula is C34H40N6O3. The van der Waals surface area contributed by atoms with Gasteiger partial charge in [0.05, 0.1) is 0 Å². The summed E-state index contributed by atoms with van der Waals surface area (Å²) in [4.78, 5) is 45.8. The Labute approximate surface area is 252 Å². The van der Waals surface area contributed by atoms with Crippen LogP contribution in [-0.2, 0) is 28.9 Å². The number of benzene rings is 3. The Kier molecular flexibility index (Phi) is 11.6. The number of carbonyl (C=O) groups excluding carboxylic acids is 3. The second-order valence-electron chi connectivity index (χ2n) is 10.5. The number of rotatable bonds is 15. The standard InChI is InChI=1S/C34H40N6O3/c35-20-9-17-30(32(36)41)38-33(42)31(24-27-14-8-13-26-12-4-5-16-29(26)27)39-34(43)40(22-18-25-10-2-1-3-11-25)23-19-28-15-6-7-21-37-28/h1-8,10-16,21,30-31H,9,17-20,22-24,35H2,(H2,36,41)(H,38,42)(H,39,43)/t30-,31-/m1/s1. The van der Waals surface area contributed by atoms with Crippen molar-refractivity contribution < 1.29 is 14.4 Å². The summed E-state index contributed by atoms with van der Waals surface area (Å²) in [6, 6.07) is 27.2. The summed E-state index contributed by atoms with van der Waals surface area (Å²) >= 11 is 0. The smallest absolute Gasteiger partial charge is 0.318 e. The third-order valence-corrected chi connectivity index (χ3v) is 7.44. The lowest BCUT2D eigenvalue weighted by molar-refractivity contribution is -0.128. The molecule has 0 fully saturated rings. The number of aromatic nitrogens is 1. The highest BCUT2D eigenvalue weighted by Gasteiger charge is 2.28. The van der Waals surface area contributed by atoms with E-state index in [1.165, 1.54) is 0 Å². The molecule has 0 aliphatic carbocycles. The van der Waals surface area contributed by atoms with E-state index in [4.69, 9.17) is 11.5 Å². The quantitative estimate of drug-likeness (QED) is 0.171. The van der Waals surface area contributed by atoms with Crippen LogP contribution in [0.3, 0.4) is 0 Å². The molecule has 224 valence electrons. The van der Waals surface area contributed by atoms with Gasteiger partial charge in [0.2, 0.25) is 11.8 Å². The van der Waals surface area contributed by atoms with Crippen LogP contribution in [0.2, 0.25) is 0 Å². The average Bonchev–Trinajstić information content (AvgIpc) is 3.03. The molecule has 0 spiro atoms. The van der Waals surface area contributed by atoms with Gasteiger partial charge in [-0.15, -0.1) is 0 Å². The van der Waals surface area contributed by atoms with Crippen LogP contribution in [-0.4, -0.2) is 59.4 Å². The maximum atomic E-state index is 13.9. The molecule has 0 aliphatic rings. The van der Waals surface area contributed by atoms with Crippen LogP contribution in [0.1, 0.15) is 29.7 Å². The first-order chi connectivity index (χ1) is 20.9. The van der Waals surface area contributed by atoms with Gasteiger partial charge >= 0.3 is 6.03 Å². The van der Waals surface area contributed by atoms with Gasteiger partial charge in [0, 0.05) is 37.8 Å². The fraction of sp³-hybridized carbons (Fsp3) is 0.294. The molecule has 0 saturated carbocycles. The Morgan fingerprint density at radius 3 is 2.26 bits per heavy atom. The van der Waals surface area contributed by atoms with E-state index in [0.29, 0.717) is 45.3 Å². The second-order valence-corrected chi connectivity index (χ2v) is 10.5. The highest BCUT2D eigenvalue weighted by atomic mass is 16.2. The van der Waals surface area contributed by atoms with Crippen LogP contribution in [0, 0.1) is 0 Å². The van der Waals surface area contributed by atoms with E-state index in [2.05, 4.69) is 15.6 Å². The van der Waals surface area contributed by atoms with Gasteiger partial charge in [0.15, 0.2) is 0 Å². The molecule has 9 nitrogen and oxygen atoms in total. The number of nitrogens with zero attached hydrogens (tertiary/aromatic N) is 2. The molecule has 0 aliphatic heterocycles. The summed E-state index contributed by atoms with van der Waals surface area (Å²) in [7, 11) is 0. The molecule has 4 rings (SSSR count). The minimum absolute atomic E-state index is 0.230. The van der Waals surface area contributed by atoms with Crippen LogP contribution in [0.5, 0.6) is 0 Å². The lowest BCUT2D eigenvalue weighted by Crippen LogP contribution is -2.56. The van der Waals surface area contributed by atoms with Crippen molar-refractivity contribution in [3.63, 3.8) is 0 Å². The van der Waals surface area contributed by atoms with Crippen LogP contribution in [0.25, 0.3) is 10.8 Å². The normalized spacial score (nSPS) is 12.3. The van der Waals surface area contributed by atoms with Crippen LogP contribution < -0.4 is 22.1 Å². The maximum Gasteiger partial charge on any atom is 0.318 e. The van der Waals surface area contributed by atoms with Crippen molar-refractivity contribution in [2.75, 3.05) is 19.6 Å². The largest absolute Gasteiger partial charge is 0.368 e. The number of hydrogen-bond acceptors (Lipinski definition) is 5. The summed E-state index contributed by atoms with van der Waals surface area (Å²) in [6.45, 7) is 1.23. The number of primary amides is 1. The average molecular weight is 581 g/mol. The zero-order chi connectivity index (χ0) is 30.4. The molecule has 0 radical (unpaired) electrons. The van der Waals surface area contributed by atoms with E-state index < -0.39 is 23.9 Å². The van der Waals surface area contributed by atoms with Crippen LogP contribution in [0.4, 0.5) is 4.79 Å². The van der Waals surface area contributed by atoms with Crippen molar-refractivity contribution >= 4 is 28.6 Å². The Bertz CT molecular complexity index is 1430. The van der Waals surface area contributed by atoms with Crippen molar-refractivity contribution in [3.8, 4) is 0 Å². The molecule has 2 atom stereocenters. The molecule has 9 heteroatoms. The molecule has 4 amide bonds. The van der Waals surface area contributed by atoms with Crippen molar-refractivity contribution in [2.24, 2.45) is 11.5 Å². The maximum absolute atomic E-state index is 13.9. The van der Waals surface area contributed by atoms with Crippen molar-refractivity contribution in [1.29, 1.82) is 0 Å². The van der Waals surface area contributed by atoms with E-state index in [1.54, 1.807) is 11.1 Å². The van der Waals surface area contributed by atoms with Crippen LogP contribution >= 0.6 is 0 Å². The van der Waals surface area contributed by atoms with Gasteiger partial charge in [-0.3, -0.25) is 14.6 Å². The molecule has 1 aromatic heterocycles. The molecule has 4 aromatic rings. The summed E-state index contributed by atoms with van der Waals surface area (Å²) in [5, 5.41) is 7.77. The van der Waals surface area contributed by atoms with Crippen molar-refractivity contribution in [3.05, 3.63) is 114 Å². The predicted molar refractivity (Wildman–Crippen MR) is 169 cm³/mol. The first kappa shape index (κ1) is 31.2. The van der Waals surface area contributed by atoms with E-state index in [0.717, 1.165) is 27.6 Å². The molecule has 0 unspecified atom stereocenters. The molecule has 0 saturated heterocycles. The third-order valence-electron chi connectivity index (χ3n) is 7.44. The highest BCUT2D eigenvalue weighted by Crippen LogP contribution is 2.20. The zero-order valence-corrected chi connectivity index (χ0v) is 24.3. The van der Waals surface area contributed by atoms with Crippen molar-refractivity contribution in [1.82, 2.24) is 20.5 Å². The number of fused-ring (bicyclic) bond motifs is 1. The number of nitrogens with one attached hydrogen (secondary N) is 2. The molecular weight excluding hydrogens is 540 g/mol. The minimum atomic E-state index is -0.952. The zero-order valence-electron chi connectivity index (χ0n) is 24.3. The fourth-order valence-corrected chi connectivity index (χ4v) is 5.04.